The maximum absolute atomic E-state index is 12.9. The summed E-state index contributed by atoms with van der Waals surface area (Å²) >= 11 is 0. The fourth-order valence-electron chi connectivity index (χ4n) is 4.78. The first kappa shape index (κ1) is 30.8. The molecule has 6 heteroatoms. The van der Waals surface area contributed by atoms with Gasteiger partial charge in [-0.25, -0.2) is 4.79 Å². The molecule has 0 aromatic heterocycles. The number of methoxy groups -OCH3 is 2. The molecule has 2 rings (SSSR count). The molecule has 1 unspecified atom stereocenters. The maximum Gasteiger partial charge on any atom is 0.337 e. The minimum Gasteiger partial charge on any atom is -0.469 e. The molecule has 1 aliphatic rings. The molecule has 1 aliphatic carbocycles. The van der Waals surface area contributed by atoms with Gasteiger partial charge in [0.15, 0.2) is 5.78 Å². The number of hydrogen-bond acceptors (Lipinski definition) is 6. The number of carbonyl (C=O) groups is 3. The zero-order valence-electron chi connectivity index (χ0n) is 23.5. The highest BCUT2D eigenvalue weighted by molar-refractivity contribution is 5.89. The molecule has 0 heterocycles. The van der Waals surface area contributed by atoms with Crippen LogP contribution in [0.1, 0.15) is 107 Å². The Bertz CT molecular complexity index is 924. The fourth-order valence-corrected chi connectivity index (χ4v) is 4.78. The van der Waals surface area contributed by atoms with Crippen LogP contribution in [0.2, 0.25) is 0 Å². The Morgan fingerprint density at radius 1 is 0.865 bits per heavy atom. The fraction of sp³-hybridized carbons (Fsp3) is 0.645. The number of allylic oxidation sites excluding steroid dienone is 2. The van der Waals surface area contributed by atoms with Crippen LogP contribution in [0.3, 0.4) is 0 Å². The lowest BCUT2D eigenvalue weighted by molar-refractivity contribution is -0.140. The third-order valence-corrected chi connectivity index (χ3v) is 6.96. The van der Waals surface area contributed by atoms with Crippen LogP contribution in [0.15, 0.2) is 35.4 Å². The summed E-state index contributed by atoms with van der Waals surface area (Å²) in [5.41, 5.74) is 4.18. The van der Waals surface area contributed by atoms with Crippen molar-refractivity contribution in [2.24, 2.45) is 5.92 Å². The lowest BCUT2D eigenvalue weighted by Crippen LogP contribution is -2.33. The topological polar surface area (TPSA) is 78.9 Å². The summed E-state index contributed by atoms with van der Waals surface area (Å²) in [5.74, 6) is -0.248. The van der Waals surface area contributed by atoms with Crippen LogP contribution in [0, 0.1) is 5.92 Å². The van der Waals surface area contributed by atoms with Crippen molar-refractivity contribution >= 4 is 17.7 Å². The van der Waals surface area contributed by atoms with Gasteiger partial charge in [0.2, 0.25) is 0 Å². The summed E-state index contributed by atoms with van der Waals surface area (Å²) in [4.78, 5) is 35.9. The predicted molar refractivity (Wildman–Crippen MR) is 146 cm³/mol. The van der Waals surface area contributed by atoms with Gasteiger partial charge < -0.3 is 14.2 Å². The Morgan fingerprint density at radius 2 is 1.54 bits per heavy atom. The minimum atomic E-state index is -0.321. The minimum absolute atomic E-state index is 0.0000543. The Kier molecular flexibility index (Phi) is 13.1. The quantitative estimate of drug-likeness (QED) is 0.129. The first-order valence-corrected chi connectivity index (χ1v) is 13.8. The van der Waals surface area contributed by atoms with Gasteiger partial charge in [0.1, 0.15) is 6.61 Å². The number of hydrogen-bond donors (Lipinski definition) is 0. The van der Waals surface area contributed by atoms with Crippen LogP contribution in [0.25, 0.3) is 0 Å². The molecule has 37 heavy (non-hydrogen) atoms. The Hall–Kier alpha value is -2.47. The molecule has 0 bridgehead atoms. The summed E-state index contributed by atoms with van der Waals surface area (Å²) in [6, 6.07) is 7.62. The van der Waals surface area contributed by atoms with Crippen molar-refractivity contribution in [3.8, 4) is 0 Å². The van der Waals surface area contributed by atoms with Gasteiger partial charge >= 0.3 is 11.9 Å². The second kappa shape index (κ2) is 15.7. The van der Waals surface area contributed by atoms with Crippen LogP contribution < -0.4 is 0 Å². The third-order valence-electron chi connectivity index (χ3n) is 6.96. The zero-order valence-corrected chi connectivity index (χ0v) is 23.5. The van der Waals surface area contributed by atoms with Crippen molar-refractivity contribution in [2.75, 3.05) is 20.8 Å². The van der Waals surface area contributed by atoms with E-state index in [0.717, 1.165) is 76.2 Å². The Labute approximate surface area is 223 Å². The van der Waals surface area contributed by atoms with E-state index in [-0.39, 0.29) is 35.8 Å². The van der Waals surface area contributed by atoms with E-state index in [1.165, 1.54) is 25.4 Å². The molecule has 6 nitrogen and oxygen atoms in total. The van der Waals surface area contributed by atoms with Crippen LogP contribution in [-0.4, -0.2) is 44.1 Å². The monoisotopic (exact) mass is 514 g/mol. The Morgan fingerprint density at radius 3 is 2.24 bits per heavy atom. The zero-order chi connectivity index (χ0) is 27.3. The van der Waals surface area contributed by atoms with Crippen LogP contribution >= 0.6 is 0 Å². The molecule has 0 saturated heterocycles. The van der Waals surface area contributed by atoms with E-state index < -0.39 is 0 Å². The van der Waals surface area contributed by atoms with Crippen molar-refractivity contribution < 1.29 is 28.6 Å². The SMILES string of the molecule is COC(=O)CCCCCCCC1=C(CCCCc2cccc(C(=O)OC)c2)C(C(=O)COC(C)(C)C)C1. The van der Waals surface area contributed by atoms with Crippen molar-refractivity contribution in [3.05, 3.63) is 46.5 Å². The summed E-state index contributed by atoms with van der Waals surface area (Å²) in [5, 5.41) is 0. The van der Waals surface area contributed by atoms with E-state index in [1.54, 1.807) is 6.07 Å². The van der Waals surface area contributed by atoms with Crippen molar-refractivity contribution in [1.29, 1.82) is 0 Å². The van der Waals surface area contributed by atoms with Crippen LogP contribution in [-0.2, 0) is 30.2 Å². The summed E-state index contributed by atoms with van der Waals surface area (Å²) in [6.45, 7) is 6.10. The van der Waals surface area contributed by atoms with Gasteiger partial charge in [0.25, 0.3) is 0 Å². The molecule has 1 atom stereocenters. The van der Waals surface area contributed by atoms with Gasteiger partial charge in [0.05, 0.1) is 25.4 Å². The molecule has 1 aromatic rings. The number of ketones is 1. The van der Waals surface area contributed by atoms with E-state index in [4.69, 9.17) is 14.2 Å². The molecule has 0 spiro atoms. The van der Waals surface area contributed by atoms with Gasteiger partial charge in [-0.2, -0.15) is 0 Å². The van der Waals surface area contributed by atoms with E-state index >= 15 is 0 Å². The summed E-state index contributed by atoms with van der Waals surface area (Å²) in [7, 11) is 2.83. The predicted octanol–water partition coefficient (Wildman–Crippen LogP) is 6.79. The van der Waals surface area contributed by atoms with E-state index in [1.807, 2.05) is 39.0 Å². The lowest BCUT2D eigenvalue weighted by atomic mass is 9.71. The van der Waals surface area contributed by atoms with Crippen LogP contribution in [0.5, 0.6) is 0 Å². The van der Waals surface area contributed by atoms with Crippen LogP contribution in [0.4, 0.5) is 0 Å². The van der Waals surface area contributed by atoms with Gasteiger partial charge in [-0.15, -0.1) is 0 Å². The molecular weight excluding hydrogens is 468 g/mol. The molecule has 0 fully saturated rings. The highest BCUT2D eigenvalue weighted by Gasteiger charge is 2.34. The number of unbranched alkanes of at least 4 members (excludes halogenated alkanes) is 5. The smallest absolute Gasteiger partial charge is 0.337 e. The number of rotatable bonds is 17. The van der Waals surface area contributed by atoms with E-state index in [0.29, 0.717) is 12.0 Å². The third kappa shape index (κ3) is 11.2. The highest BCUT2D eigenvalue weighted by Crippen LogP contribution is 2.41. The number of esters is 2. The normalized spacial score (nSPS) is 15.3. The number of carbonyl (C=O) groups excluding carboxylic acids is 3. The largest absolute Gasteiger partial charge is 0.469 e. The molecule has 0 saturated carbocycles. The molecular formula is C31H46O6. The molecule has 0 aliphatic heterocycles. The van der Waals surface area contributed by atoms with Gasteiger partial charge in [-0.1, -0.05) is 42.5 Å². The molecule has 206 valence electrons. The standard InChI is InChI=1S/C31H46O6/c1-31(2,3)37-22-28(32)27-21-24(16-9-7-6-8-10-19-29(33)35-4)26(27)18-12-11-14-23-15-13-17-25(20-23)30(34)36-5/h13,15,17,20,27H,6-12,14,16,18-19,21-22H2,1-5H3. The van der Waals surface area contributed by atoms with Crippen molar-refractivity contribution in [3.63, 3.8) is 0 Å². The summed E-state index contributed by atoms with van der Waals surface area (Å²) in [6.07, 6.45) is 11.6. The highest BCUT2D eigenvalue weighted by atomic mass is 16.5. The molecule has 1 aromatic carbocycles. The van der Waals surface area contributed by atoms with Gasteiger partial charge in [0, 0.05) is 12.3 Å². The number of benzene rings is 1. The van der Waals surface area contributed by atoms with Crippen molar-refractivity contribution in [2.45, 2.75) is 103 Å². The van der Waals surface area contributed by atoms with E-state index in [2.05, 4.69) is 0 Å². The lowest BCUT2D eigenvalue weighted by Gasteiger charge is -2.34. The van der Waals surface area contributed by atoms with Gasteiger partial charge in [-0.3, -0.25) is 9.59 Å². The second-order valence-electron chi connectivity index (χ2n) is 11.0. The number of aryl methyl sites for hydroxylation is 1. The van der Waals surface area contributed by atoms with Gasteiger partial charge in [-0.05, 0) is 89.8 Å². The summed E-state index contributed by atoms with van der Waals surface area (Å²) < 4.78 is 15.3. The van der Waals surface area contributed by atoms with Crippen molar-refractivity contribution in [1.82, 2.24) is 0 Å². The molecule has 0 radical (unpaired) electrons. The first-order valence-electron chi connectivity index (χ1n) is 13.8. The average Bonchev–Trinajstić information content (AvgIpc) is 2.86. The number of Topliss-reactive ketones (excluding diaryl/α,β-unsaturated/α-hetero) is 1. The molecule has 0 amide bonds. The number of ether oxygens (including phenoxy) is 3. The molecule has 0 N–H and O–H groups in total. The first-order chi connectivity index (χ1) is 17.6. The van der Waals surface area contributed by atoms with E-state index in [9.17, 15) is 14.4 Å². The Balaban J connectivity index is 1.85. The average molecular weight is 515 g/mol. The maximum atomic E-state index is 12.9. The second-order valence-corrected chi connectivity index (χ2v) is 11.0.